The molecular formula is C43H64N4O17. The first-order valence-electron chi connectivity index (χ1n) is 21.3. The largest absolute Gasteiger partial charge is 0.484 e. The van der Waals surface area contributed by atoms with E-state index in [-0.39, 0.29) is 95.4 Å². The number of carboxylic acids is 1. The lowest BCUT2D eigenvalue weighted by atomic mass is 10.0. The maximum Gasteiger partial charge on any atom is 0.303 e. The highest BCUT2D eigenvalue weighted by Crippen LogP contribution is 2.24. The Morgan fingerprint density at radius 2 is 1.14 bits per heavy atom. The molecule has 1 heterocycles. The van der Waals surface area contributed by atoms with Crippen molar-refractivity contribution in [1.29, 1.82) is 0 Å². The molecule has 64 heavy (non-hydrogen) atoms. The number of aliphatic hydroxyl groups is 3. The Morgan fingerprint density at radius 1 is 0.578 bits per heavy atom. The number of amides is 4. The number of aliphatic hydroxyl groups excluding tert-OH is 3. The van der Waals surface area contributed by atoms with Crippen molar-refractivity contribution in [3.8, 4) is 16.9 Å². The maximum atomic E-state index is 12.6. The Hall–Kier alpha value is -4.81. The van der Waals surface area contributed by atoms with E-state index in [0.717, 1.165) is 11.1 Å². The van der Waals surface area contributed by atoms with Crippen molar-refractivity contribution in [2.24, 2.45) is 0 Å². The zero-order valence-corrected chi connectivity index (χ0v) is 36.2. The molecule has 0 aromatic heterocycles. The van der Waals surface area contributed by atoms with Crippen molar-refractivity contribution >= 4 is 29.6 Å². The molecule has 0 bridgehead atoms. The third-order valence-electron chi connectivity index (χ3n) is 9.25. The lowest BCUT2D eigenvalue weighted by Crippen LogP contribution is -2.57. The van der Waals surface area contributed by atoms with Crippen LogP contribution in [-0.2, 0) is 52.3 Å². The second-order valence-electron chi connectivity index (χ2n) is 14.3. The van der Waals surface area contributed by atoms with Crippen molar-refractivity contribution in [3.05, 3.63) is 54.1 Å². The molecule has 3 rings (SSSR count). The van der Waals surface area contributed by atoms with Crippen LogP contribution in [0.3, 0.4) is 0 Å². The molecule has 0 aliphatic carbocycles. The fourth-order valence-electron chi connectivity index (χ4n) is 5.77. The number of hydrogen-bond donors (Lipinski definition) is 8. The van der Waals surface area contributed by atoms with Crippen LogP contribution in [0.5, 0.6) is 5.75 Å². The van der Waals surface area contributed by atoms with Crippen LogP contribution in [0.15, 0.2) is 48.5 Å². The van der Waals surface area contributed by atoms with Gasteiger partial charge in [-0.2, -0.15) is 0 Å². The highest BCUT2D eigenvalue weighted by atomic mass is 16.7. The average molecular weight is 909 g/mol. The molecule has 21 heteroatoms. The van der Waals surface area contributed by atoms with Gasteiger partial charge in [-0.25, -0.2) is 0 Å². The summed E-state index contributed by atoms with van der Waals surface area (Å²) in [5.41, 5.74) is 2.09. The number of rotatable bonds is 34. The smallest absolute Gasteiger partial charge is 0.303 e. The number of carboxylic acid groups (broad SMARTS) is 1. The molecule has 5 atom stereocenters. The Bertz CT molecular complexity index is 1670. The van der Waals surface area contributed by atoms with Gasteiger partial charge in [-0.1, -0.05) is 24.3 Å². The third-order valence-corrected chi connectivity index (χ3v) is 9.25. The van der Waals surface area contributed by atoms with E-state index in [1.165, 1.54) is 0 Å². The van der Waals surface area contributed by atoms with E-state index in [1.54, 1.807) is 37.3 Å². The standard InChI is InChI=1S/C43H64N4O17/c1-30-39(53)40(54)41(55)43(64-30)62-27-26-59-18-15-45-36(49)12-17-57-20-22-60-24-25-61-23-21-58-19-16-46-37(50)29-63-34-10-8-31(9-11-34)32-4-2-5-33(28-32)42(56)47-14-13-44-35(48)6-3-7-38(51)52/h2,4-5,8-11,28,30,39-41,43,53-55H,3,6-7,12-27,29H2,1H3,(H,44,48)(H,45,49)(H,46,50)(H,47,56)(H,51,52)/t30-,39-,40+,41+,43+/m0/s1. The first-order chi connectivity index (χ1) is 30.9. The monoisotopic (exact) mass is 908 g/mol. The van der Waals surface area contributed by atoms with Gasteiger partial charge in [-0.05, 0) is 48.7 Å². The van der Waals surface area contributed by atoms with Crippen LogP contribution in [0.25, 0.3) is 11.1 Å². The van der Waals surface area contributed by atoms with Gasteiger partial charge in [0.1, 0.15) is 24.1 Å². The summed E-state index contributed by atoms with van der Waals surface area (Å²) in [5, 5.41) is 48.9. The van der Waals surface area contributed by atoms with Gasteiger partial charge in [0.15, 0.2) is 12.9 Å². The van der Waals surface area contributed by atoms with E-state index < -0.39 is 36.7 Å². The molecular weight excluding hydrogens is 844 g/mol. The minimum absolute atomic E-state index is 0.0741. The van der Waals surface area contributed by atoms with E-state index >= 15 is 0 Å². The van der Waals surface area contributed by atoms with Gasteiger partial charge in [0.05, 0.1) is 78.8 Å². The molecule has 1 aliphatic rings. The topological polar surface area (TPSA) is 288 Å². The Labute approximate surface area is 372 Å². The number of aliphatic carboxylic acids is 1. The van der Waals surface area contributed by atoms with Crippen molar-refractivity contribution in [2.45, 2.75) is 63.3 Å². The first kappa shape index (κ1) is 53.5. The van der Waals surface area contributed by atoms with Gasteiger partial charge in [0, 0.05) is 51.0 Å². The molecule has 1 saturated heterocycles. The zero-order valence-electron chi connectivity index (χ0n) is 36.2. The molecule has 2 aromatic carbocycles. The van der Waals surface area contributed by atoms with Crippen LogP contribution < -0.4 is 26.0 Å². The van der Waals surface area contributed by atoms with E-state index in [1.807, 2.05) is 18.2 Å². The van der Waals surface area contributed by atoms with Gasteiger partial charge < -0.3 is 79.6 Å². The molecule has 0 saturated carbocycles. The number of carbonyl (C=O) groups is 5. The molecule has 4 amide bonds. The lowest BCUT2D eigenvalue weighted by molar-refractivity contribution is -0.294. The quantitative estimate of drug-likeness (QED) is 0.0406. The number of ether oxygens (including phenoxy) is 8. The summed E-state index contributed by atoms with van der Waals surface area (Å²) < 4.78 is 43.5. The predicted octanol–water partition coefficient (Wildman–Crippen LogP) is -0.617. The van der Waals surface area contributed by atoms with E-state index in [0.29, 0.717) is 70.7 Å². The Balaban J connectivity index is 1.08. The van der Waals surface area contributed by atoms with Gasteiger partial charge in [-0.3, -0.25) is 24.0 Å². The molecule has 8 N–H and O–H groups in total. The number of carbonyl (C=O) groups excluding carboxylic acids is 4. The summed E-state index contributed by atoms with van der Waals surface area (Å²) in [4.78, 5) is 59.1. The predicted molar refractivity (Wildman–Crippen MR) is 227 cm³/mol. The number of nitrogens with one attached hydrogen (secondary N) is 4. The van der Waals surface area contributed by atoms with E-state index in [4.69, 9.17) is 43.0 Å². The molecule has 0 spiro atoms. The normalized spacial score (nSPS) is 18.2. The van der Waals surface area contributed by atoms with Crippen LogP contribution in [0.2, 0.25) is 0 Å². The third kappa shape index (κ3) is 22.7. The van der Waals surface area contributed by atoms with Crippen LogP contribution in [0, 0.1) is 0 Å². The summed E-state index contributed by atoms with van der Waals surface area (Å²) in [7, 11) is 0. The number of benzene rings is 2. The highest BCUT2D eigenvalue weighted by molar-refractivity contribution is 5.95. The molecule has 21 nitrogen and oxygen atoms in total. The fourth-order valence-corrected chi connectivity index (χ4v) is 5.77. The van der Waals surface area contributed by atoms with Gasteiger partial charge >= 0.3 is 5.97 Å². The van der Waals surface area contributed by atoms with Crippen molar-refractivity contribution < 1.29 is 82.3 Å². The van der Waals surface area contributed by atoms with Crippen molar-refractivity contribution in [2.75, 3.05) is 105 Å². The first-order valence-corrected chi connectivity index (χ1v) is 21.3. The summed E-state index contributed by atoms with van der Waals surface area (Å²) in [6.07, 6.45) is -5.22. The second-order valence-corrected chi connectivity index (χ2v) is 14.3. The zero-order chi connectivity index (χ0) is 46.4. The van der Waals surface area contributed by atoms with E-state index in [9.17, 15) is 39.3 Å². The van der Waals surface area contributed by atoms with Crippen LogP contribution in [0.4, 0.5) is 0 Å². The SMILES string of the molecule is C[C@@H]1O[C@@H](OCCOCCNC(=O)CCOCCOCCOCCOCCNC(=O)COc2ccc(-c3cccc(C(=O)NCCNC(=O)CCCC(=O)O)c3)cc2)[C@H](O)[C@H](O)[C@H]1O. The van der Waals surface area contributed by atoms with Gasteiger partial charge in [0.2, 0.25) is 11.8 Å². The van der Waals surface area contributed by atoms with Crippen molar-refractivity contribution in [1.82, 2.24) is 21.3 Å². The fraction of sp³-hybridized carbons (Fsp3) is 0.605. The lowest BCUT2D eigenvalue weighted by Gasteiger charge is -2.38. The molecule has 2 aromatic rings. The minimum Gasteiger partial charge on any atom is -0.484 e. The second kappa shape index (κ2) is 31.9. The molecule has 0 unspecified atom stereocenters. The molecule has 1 aliphatic heterocycles. The molecule has 358 valence electrons. The minimum atomic E-state index is -1.37. The summed E-state index contributed by atoms with van der Waals surface area (Å²) in [6.45, 7) is 5.58. The average Bonchev–Trinajstić information content (AvgIpc) is 3.28. The van der Waals surface area contributed by atoms with Crippen LogP contribution >= 0.6 is 0 Å². The number of hydrogen-bond acceptors (Lipinski definition) is 16. The summed E-state index contributed by atoms with van der Waals surface area (Å²) >= 11 is 0. The van der Waals surface area contributed by atoms with Crippen LogP contribution in [-0.4, -0.2) is 186 Å². The van der Waals surface area contributed by atoms with Gasteiger partial charge in [-0.15, -0.1) is 0 Å². The molecule has 1 fully saturated rings. The van der Waals surface area contributed by atoms with Crippen molar-refractivity contribution in [3.63, 3.8) is 0 Å². The molecule has 0 radical (unpaired) electrons. The maximum absolute atomic E-state index is 12.6. The highest BCUT2D eigenvalue weighted by Gasteiger charge is 2.42. The van der Waals surface area contributed by atoms with Crippen LogP contribution in [0.1, 0.15) is 43.0 Å². The van der Waals surface area contributed by atoms with E-state index in [2.05, 4.69) is 21.3 Å². The summed E-state index contributed by atoms with van der Waals surface area (Å²) in [6, 6.07) is 14.2. The van der Waals surface area contributed by atoms with Gasteiger partial charge in [0.25, 0.3) is 11.8 Å². The Kier molecular flexibility index (Phi) is 26.7. The summed E-state index contributed by atoms with van der Waals surface area (Å²) in [5.74, 6) is -1.51. The Morgan fingerprint density at radius 3 is 1.80 bits per heavy atom.